The summed E-state index contributed by atoms with van der Waals surface area (Å²) in [6.45, 7) is 0. The van der Waals surface area contributed by atoms with E-state index in [1.165, 1.54) is 76.3 Å². The van der Waals surface area contributed by atoms with Gasteiger partial charge in [0.15, 0.2) is 0 Å². The van der Waals surface area contributed by atoms with E-state index in [0.717, 1.165) is 12.8 Å². The van der Waals surface area contributed by atoms with Gasteiger partial charge >= 0.3 is 0 Å². The molecule has 2 aromatic heterocycles. The topological polar surface area (TPSA) is 9.86 Å². The molecule has 8 rings (SSSR count). The molecule has 0 aliphatic heterocycles. The first-order chi connectivity index (χ1) is 16.8. The first kappa shape index (κ1) is 18.4. The highest BCUT2D eigenvalue weighted by Gasteiger charge is 2.25. The molecular weight excluding hydrogens is 412 g/mol. The Labute approximate surface area is 197 Å². The SMILES string of the molecule is Cn1c2c(c3c4ccccc4c4c(c5ccccc5c5c4c4ccccc4n5C)c31)C=CCC2. The quantitative estimate of drug-likeness (QED) is 0.212. The van der Waals surface area contributed by atoms with E-state index in [4.69, 9.17) is 0 Å². The maximum atomic E-state index is 2.49. The van der Waals surface area contributed by atoms with E-state index in [9.17, 15) is 0 Å². The fourth-order valence-corrected chi connectivity index (χ4v) is 6.79. The van der Waals surface area contributed by atoms with Crippen LogP contribution >= 0.6 is 0 Å². The van der Waals surface area contributed by atoms with Crippen LogP contribution in [0.25, 0.3) is 71.1 Å². The summed E-state index contributed by atoms with van der Waals surface area (Å²) in [6, 6.07) is 26.9. The molecule has 34 heavy (non-hydrogen) atoms. The second-order valence-corrected chi connectivity index (χ2v) is 9.72. The minimum atomic E-state index is 1.10. The molecule has 0 unspecified atom stereocenters. The Morgan fingerprint density at radius 3 is 1.91 bits per heavy atom. The molecule has 1 aliphatic rings. The van der Waals surface area contributed by atoms with Gasteiger partial charge in [0.05, 0.1) is 11.0 Å². The molecule has 162 valence electrons. The number of hydrogen-bond acceptors (Lipinski definition) is 0. The van der Waals surface area contributed by atoms with Crippen molar-refractivity contribution in [2.45, 2.75) is 12.8 Å². The standard InChI is InChI=1S/C32H24N2/c1-33-26-18-10-8-16-24(26)30-28-20-12-4-3-11-19(20)27-23-15-7-9-17-25(23)34(2)32(27)29(28)21-13-5-6-14-22(21)31(30)33/h3-8,10-16,18H,9,17H2,1-2H3. The summed E-state index contributed by atoms with van der Waals surface area (Å²) in [6.07, 6.45) is 6.91. The van der Waals surface area contributed by atoms with E-state index >= 15 is 0 Å². The van der Waals surface area contributed by atoms with Gasteiger partial charge in [0.2, 0.25) is 0 Å². The van der Waals surface area contributed by atoms with Gasteiger partial charge in [-0.25, -0.2) is 0 Å². The van der Waals surface area contributed by atoms with Crippen LogP contribution in [0, 0.1) is 0 Å². The molecule has 0 spiro atoms. The van der Waals surface area contributed by atoms with Crippen molar-refractivity contribution in [3.05, 3.63) is 90.1 Å². The van der Waals surface area contributed by atoms with Gasteiger partial charge in [-0.3, -0.25) is 0 Å². The van der Waals surface area contributed by atoms with Gasteiger partial charge in [0.25, 0.3) is 0 Å². The van der Waals surface area contributed by atoms with Crippen LogP contribution in [0.5, 0.6) is 0 Å². The zero-order valence-electron chi connectivity index (χ0n) is 19.4. The average molecular weight is 437 g/mol. The molecule has 0 N–H and O–H groups in total. The van der Waals surface area contributed by atoms with E-state index in [2.05, 4.69) is 108 Å². The molecule has 2 heterocycles. The molecule has 0 amide bonds. The van der Waals surface area contributed by atoms with Crippen LogP contribution in [-0.4, -0.2) is 9.13 Å². The van der Waals surface area contributed by atoms with Crippen LogP contribution < -0.4 is 0 Å². The predicted molar refractivity (Wildman–Crippen MR) is 147 cm³/mol. The summed E-state index contributed by atoms with van der Waals surface area (Å²) in [5, 5.41) is 12.3. The Kier molecular flexibility index (Phi) is 3.41. The van der Waals surface area contributed by atoms with Crippen molar-refractivity contribution in [2.75, 3.05) is 0 Å². The van der Waals surface area contributed by atoms with E-state index in [1.807, 2.05) is 0 Å². The molecule has 0 saturated heterocycles. The maximum absolute atomic E-state index is 2.49. The Bertz CT molecular complexity index is 2030. The predicted octanol–water partition coefficient (Wildman–Crippen LogP) is 8.24. The first-order valence-electron chi connectivity index (χ1n) is 12.2. The lowest BCUT2D eigenvalue weighted by Crippen LogP contribution is -1.99. The van der Waals surface area contributed by atoms with E-state index in [1.54, 1.807) is 0 Å². The lowest BCUT2D eigenvalue weighted by molar-refractivity contribution is 0.826. The van der Waals surface area contributed by atoms with Crippen LogP contribution in [-0.2, 0) is 20.5 Å². The van der Waals surface area contributed by atoms with Gasteiger partial charge in [-0.1, -0.05) is 78.9 Å². The lowest BCUT2D eigenvalue weighted by Gasteiger charge is -2.15. The van der Waals surface area contributed by atoms with Crippen LogP contribution in [0.3, 0.4) is 0 Å². The molecule has 0 radical (unpaired) electrons. The zero-order valence-corrected chi connectivity index (χ0v) is 19.4. The Balaban J connectivity index is 1.86. The fraction of sp³-hybridized carbons (Fsp3) is 0.125. The highest BCUT2D eigenvalue weighted by molar-refractivity contribution is 6.42. The van der Waals surface area contributed by atoms with E-state index in [-0.39, 0.29) is 0 Å². The molecule has 1 aliphatic carbocycles. The molecule has 2 nitrogen and oxygen atoms in total. The van der Waals surface area contributed by atoms with Gasteiger partial charge in [-0.15, -0.1) is 0 Å². The fourth-order valence-electron chi connectivity index (χ4n) is 6.79. The molecule has 7 aromatic rings. The number of nitrogens with zero attached hydrogens (tertiary/aromatic N) is 2. The van der Waals surface area contributed by atoms with Gasteiger partial charge < -0.3 is 9.13 Å². The summed E-state index contributed by atoms with van der Waals surface area (Å²) in [7, 11) is 4.49. The van der Waals surface area contributed by atoms with Crippen molar-refractivity contribution in [2.24, 2.45) is 14.1 Å². The number of aryl methyl sites for hydroxylation is 2. The first-order valence-corrected chi connectivity index (χ1v) is 12.2. The lowest BCUT2D eigenvalue weighted by atomic mass is 9.89. The highest BCUT2D eigenvalue weighted by atomic mass is 15.0. The largest absolute Gasteiger partial charge is 0.346 e. The third-order valence-electron chi connectivity index (χ3n) is 8.15. The van der Waals surface area contributed by atoms with Crippen molar-refractivity contribution in [3.8, 4) is 0 Å². The summed E-state index contributed by atoms with van der Waals surface area (Å²) >= 11 is 0. The second kappa shape index (κ2) is 6.30. The minimum Gasteiger partial charge on any atom is -0.346 e. The molecule has 0 saturated carbocycles. The third kappa shape index (κ3) is 2.03. The summed E-state index contributed by atoms with van der Waals surface area (Å²) in [5.74, 6) is 0. The van der Waals surface area contributed by atoms with Crippen molar-refractivity contribution in [3.63, 3.8) is 0 Å². The van der Waals surface area contributed by atoms with Crippen molar-refractivity contribution in [1.29, 1.82) is 0 Å². The zero-order chi connectivity index (χ0) is 22.6. The van der Waals surface area contributed by atoms with Crippen molar-refractivity contribution < 1.29 is 0 Å². The van der Waals surface area contributed by atoms with Crippen molar-refractivity contribution >= 4 is 71.1 Å². The number of aromatic nitrogens is 2. The Hall–Kier alpha value is -4.04. The van der Waals surface area contributed by atoms with Crippen LogP contribution in [0.4, 0.5) is 0 Å². The Morgan fingerprint density at radius 2 is 1.15 bits per heavy atom. The molecule has 5 aromatic carbocycles. The van der Waals surface area contributed by atoms with Gasteiger partial charge in [-0.2, -0.15) is 0 Å². The summed E-state index contributed by atoms with van der Waals surface area (Å²) < 4.78 is 4.89. The number of hydrogen-bond donors (Lipinski definition) is 0. The summed E-state index contributed by atoms with van der Waals surface area (Å²) in [5.41, 5.74) is 6.85. The number of para-hydroxylation sites is 1. The van der Waals surface area contributed by atoms with Crippen LogP contribution in [0.1, 0.15) is 17.7 Å². The molecule has 0 atom stereocenters. The number of rotatable bonds is 0. The number of fused-ring (bicyclic) bond motifs is 15. The number of allylic oxidation sites excluding steroid dienone is 1. The monoisotopic (exact) mass is 436 g/mol. The maximum Gasteiger partial charge on any atom is 0.0578 e. The molecule has 2 heteroatoms. The number of benzene rings is 5. The molecule has 0 fully saturated rings. The molecular formula is C32H24N2. The highest BCUT2D eigenvalue weighted by Crippen LogP contribution is 2.48. The van der Waals surface area contributed by atoms with Gasteiger partial charge in [-0.05, 0) is 35.1 Å². The van der Waals surface area contributed by atoms with E-state index in [0.29, 0.717) is 0 Å². The van der Waals surface area contributed by atoms with E-state index < -0.39 is 0 Å². The third-order valence-corrected chi connectivity index (χ3v) is 8.15. The molecule has 0 bridgehead atoms. The minimum absolute atomic E-state index is 1.10. The van der Waals surface area contributed by atoms with Gasteiger partial charge in [0, 0.05) is 63.2 Å². The smallest absolute Gasteiger partial charge is 0.0578 e. The normalized spacial score (nSPS) is 13.8. The summed E-state index contributed by atoms with van der Waals surface area (Å²) in [4.78, 5) is 0. The van der Waals surface area contributed by atoms with Crippen molar-refractivity contribution in [1.82, 2.24) is 9.13 Å². The van der Waals surface area contributed by atoms with Crippen LogP contribution in [0.2, 0.25) is 0 Å². The van der Waals surface area contributed by atoms with Crippen LogP contribution in [0.15, 0.2) is 78.9 Å². The second-order valence-electron chi connectivity index (χ2n) is 9.72. The Morgan fingerprint density at radius 1 is 0.559 bits per heavy atom. The van der Waals surface area contributed by atoms with Gasteiger partial charge in [0.1, 0.15) is 0 Å². The average Bonchev–Trinajstić information content (AvgIpc) is 3.36.